The first kappa shape index (κ1) is 17.9. The van der Waals surface area contributed by atoms with Crippen LogP contribution in [0.2, 0.25) is 0 Å². The van der Waals surface area contributed by atoms with Crippen molar-refractivity contribution in [3.8, 4) is 0 Å². The van der Waals surface area contributed by atoms with Crippen molar-refractivity contribution in [1.29, 1.82) is 0 Å². The summed E-state index contributed by atoms with van der Waals surface area (Å²) < 4.78 is 14.2. The van der Waals surface area contributed by atoms with Crippen LogP contribution in [0.15, 0.2) is 22.7 Å². The molecule has 0 bridgehead atoms. The highest BCUT2D eigenvalue weighted by atomic mass is 79.9. The van der Waals surface area contributed by atoms with E-state index in [1.54, 1.807) is 12.1 Å². The molecule has 2 rings (SSSR count). The molecule has 1 aromatic carbocycles. The van der Waals surface area contributed by atoms with Gasteiger partial charge in [0.25, 0.3) is 0 Å². The summed E-state index contributed by atoms with van der Waals surface area (Å²) in [6, 6.07) is 5.33. The highest BCUT2D eigenvalue weighted by molar-refractivity contribution is 9.10. The summed E-state index contributed by atoms with van der Waals surface area (Å²) in [5, 5.41) is 3.38. The second kappa shape index (κ2) is 7.21. The van der Waals surface area contributed by atoms with Gasteiger partial charge < -0.3 is 5.32 Å². The molecule has 1 aliphatic heterocycles. The largest absolute Gasteiger partial charge is 0.314 e. The van der Waals surface area contributed by atoms with E-state index in [0.717, 1.165) is 30.7 Å². The molecule has 0 aliphatic carbocycles. The fraction of sp³-hybridized carbons (Fsp3) is 0.600. The molecular weight excluding hydrogens is 343 g/mol. The monoisotopic (exact) mass is 364 g/mol. The van der Waals surface area contributed by atoms with Gasteiger partial charge in [-0.15, -0.1) is 12.4 Å². The molecule has 1 heterocycles. The molecule has 2 nitrogen and oxygen atoms in total. The number of nitrogens with one attached hydrogen (secondary N) is 1. The third-order valence-electron chi connectivity index (χ3n) is 3.59. The Morgan fingerprint density at radius 3 is 2.35 bits per heavy atom. The summed E-state index contributed by atoms with van der Waals surface area (Å²) in [5.74, 6) is -0.191. The quantitative estimate of drug-likeness (QED) is 0.852. The zero-order valence-electron chi connectivity index (χ0n) is 12.2. The van der Waals surface area contributed by atoms with Gasteiger partial charge in [-0.1, -0.05) is 42.8 Å². The van der Waals surface area contributed by atoms with E-state index in [9.17, 15) is 4.39 Å². The van der Waals surface area contributed by atoms with E-state index in [1.165, 1.54) is 5.56 Å². The van der Waals surface area contributed by atoms with E-state index in [2.05, 4.69) is 46.9 Å². The number of hydrogen-bond donors (Lipinski definition) is 1. The summed E-state index contributed by atoms with van der Waals surface area (Å²) >= 11 is 3.52. The molecule has 1 aliphatic rings. The smallest absolute Gasteiger partial charge is 0.124 e. The van der Waals surface area contributed by atoms with Gasteiger partial charge in [0, 0.05) is 36.7 Å². The summed E-state index contributed by atoms with van der Waals surface area (Å²) in [5.41, 5.74) is 1.29. The molecule has 0 spiro atoms. The van der Waals surface area contributed by atoms with Gasteiger partial charge in [-0.05, 0) is 23.1 Å². The van der Waals surface area contributed by atoms with E-state index in [0.29, 0.717) is 6.04 Å². The second-order valence-corrected chi connectivity index (χ2v) is 7.07. The summed E-state index contributed by atoms with van der Waals surface area (Å²) in [6.07, 6.45) is 0. The van der Waals surface area contributed by atoms with E-state index < -0.39 is 0 Å². The van der Waals surface area contributed by atoms with E-state index >= 15 is 0 Å². The zero-order chi connectivity index (χ0) is 14.0. The molecule has 0 aromatic heterocycles. The maximum absolute atomic E-state index is 13.3. The minimum absolute atomic E-state index is 0. The van der Waals surface area contributed by atoms with Gasteiger partial charge in [0.15, 0.2) is 0 Å². The normalized spacial score (nSPS) is 18.4. The van der Waals surface area contributed by atoms with Gasteiger partial charge in [-0.3, -0.25) is 4.90 Å². The molecule has 1 fully saturated rings. The second-order valence-electron chi connectivity index (χ2n) is 6.22. The SMILES string of the molecule is CC(C)(C)[C@H](c1ccc(F)cc1Br)N1CCNCC1.Cl. The first-order valence-electron chi connectivity index (χ1n) is 6.79. The number of hydrogen-bond acceptors (Lipinski definition) is 2. The third-order valence-corrected chi connectivity index (χ3v) is 4.28. The zero-order valence-corrected chi connectivity index (χ0v) is 14.7. The Morgan fingerprint density at radius 1 is 1.25 bits per heavy atom. The van der Waals surface area contributed by atoms with Crippen LogP contribution in [-0.4, -0.2) is 31.1 Å². The van der Waals surface area contributed by atoms with Crippen LogP contribution in [0.3, 0.4) is 0 Å². The van der Waals surface area contributed by atoms with Crippen molar-refractivity contribution in [3.63, 3.8) is 0 Å². The minimum atomic E-state index is -0.191. The van der Waals surface area contributed by atoms with Gasteiger partial charge in [0.05, 0.1) is 0 Å². The molecule has 0 radical (unpaired) electrons. The molecular formula is C15H23BrClFN2. The predicted molar refractivity (Wildman–Crippen MR) is 88.0 cm³/mol. The standard InChI is InChI=1S/C15H22BrFN2.ClH/c1-15(2,3)14(19-8-6-18-7-9-19)12-5-4-11(17)10-13(12)16;/h4-5,10,14,18H,6-9H2,1-3H3;1H/t14-;/m0./s1. The Labute approximate surface area is 135 Å². The molecule has 0 amide bonds. The van der Waals surface area contributed by atoms with Gasteiger partial charge in [-0.25, -0.2) is 4.39 Å². The highest BCUT2D eigenvalue weighted by Crippen LogP contribution is 2.41. The van der Waals surface area contributed by atoms with E-state index in [4.69, 9.17) is 0 Å². The third kappa shape index (κ3) is 4.17. The minimum Gasteiger partial charge on any atom is -0.314 e. The van der Waals surface area contributed by atoms with Crippen molar-refractivity contribution in [1.82, 2.24) is 10.2 Å². The van der Waals surface area contributed by atoms with Crippen molar-refractivity contribution in [2.75, 3.05) is 26.2 Å². The van der Waals surface area contributed by atoms with Crippen LogP contribution in [0.4, 0.5) is 4.39 Å². The van der Waals surface area contributed by atoms with Gasteiger partial charge in [0.2, 0.25) is 0 Å². The molecule has 0 unspecified atom stereocenters. The van der Waals surface area contributed by atoms with Gasteiger partial charge >= 0.3 is 0 Å². The Morgan fingerprint density at radius 2 is 1.85 bits per heavy atom. The van der Waals surface area contributed by atoms with Gasteiger partial charge in [-0.2, -0.15) is 0 Å². The Kier molecular flexibility index (Phi) is 6.45. The van der Waals surface area contributed by atoms with Crippen LogP contribution in [0.5, 0.6) is 0 Å². The fourth-order valence-electron chi connectivity index (χ4n) is 2.87. The number of halogens is 3. The number of nitrogens with zero attached hydrogens (tertiary/aromatic N) is 1. The average Bonchev–Trinajstić information content (AvgIpc) is 2.32. The maximum atomic E-state index is 13.3. The maximum Gasteiger partial charge on any atom is 0.124 e. The predicted octanol–water partition coefficient (Wildman–Crippen LogP) is 4.00. The number of benzene rings is 1. The van der Waals surface area contributed by atoms with E-state index in [-0.39, 0.29) is 23.6 Å². The lowest BCUT2D eigenvalue weighted by Crippen LogP contribution is -2.48. The molecule has 1 aromatic rings. The van der Waals surface area contributed by atoms with Crippen molar-refractivity contribution in [2.24, 2.45) is 5.41 Å². The van der Waals surface area contributed by atoms with Crippen LogP contribution < -0.4 is 5.32 Å². The summed E-state index contributed by atoms with van der Waals surface area (Å²) in [7, 11) is 0. The van der Waals surface area contributed by atoms with Crippen molar-refractivity contribution in [2.45, 2.75) is 26.8 Å². The van der Waals surface area contributed by atoms with Crippen molar-refractivity contribution >= 4 is 28.3 Å². The molecule has 1 atom stereocenters. The lowest BCUT2D eigenvalue weighted by molar-refractivity contribution is 0.0856. The first-order valence-corrected chi connectivity index (χ1v) is 7.58. The van der Waals surface area contributed by atoms with E-state index in [1.807, 2.05) is 6.07 Å². The van der Waals surface area contributed by atoms with Crippen LogP contribution in [0.25, 0.3) is 0 Å². The van der Waals surface area contributed by atoms with Crippen molar-refractivity contribution in [3.05, 3.63) is 34.1 Å². The lowest BCUT2D eigenvalue weighted by atomic mass is 9.81. The molecule has 0 saturated carbocycles. The Balaban J connectivity index is 0.00000200. The number of piperazine rings is 1. The molecule has 114 valence electrons. The summed E-state index contributed by atoms with van der Waals surface area (Å²) in [6.45, 7) is 10.8. The number of rotatable bonds is 2. The lowest BCUT2D eigenvalue weighted by Gasteiger charge is -2.43. The molecule has 1 N–H and O–H groups in total. The molecule has 5 heteroatoms. The van der Waals surface area contributed by atoms with Crippen LogP contribution >= 0.6 is 28.3 Å². The van der Waals surface area contributed by atoms with Crippen LogP contribution in [0, 0.1) is 11.2 Å². The molecule has 20 heavy (non-hydrogen) atoms. The van der Waals surface area contributed by atoms with Crippen LogP contribution in [0.1, 0.15) is 32.4 Å². The van der Waals surface area contributed by atoms with Gasteiger partial charge in [0.1, 0.15) is 5.82 Å². The van der Waals surface area contributed by atoms with Crippen molar-refractivity contribution < 1.29 is 4.39 Å². The summed E-state index contributed by atoms with van der Waals surface area (Å²) in [4.78, 5) is 2.49. The van der Waals surface area contributed by atoms with Crippen LogP contribution in [-0.2, 0) is 0 Å². The Bertz CT molecular complexity index is 442. The molecule has 1 saturated heterocycles. The highest BCUT2D eigenvalue weighted by Gasteiger charge is 2.33. The first-order chi connectivity index (χ1) is 8.89. The Hall–Kier alpha value is -0.160. The average molecular weight is 366 g/mol. The fourth-order valence-corrected chi connectivity index (χ4v) is 3.44. The topological polar surface area (TPSA) is 15.3 Å².